The summed E-state index contributed by atoms with van der Waals surface area (Å²) in [7, 11) is -3.35. The summed E-state index contributed by atoms with van der Waals surface area (Å²) in [5, 5.41) is 2.93. The Bertz CT molecular complexity index is 847. The maximum Gasteiger partial charge on any atom is 0.254 e. The maximum atomic E-state index is 12.6. The zero-order chi connectivity index (χ0) is 18.6. The van der Waals surface area contributed by atoms with E-state index in [1.54, 1.807) is 6.07 Å². The van der Waals surface area contributed by atoms with Gasteiger partial charge in [-0.3, -0.25) is 4.79 Å². The number of nitrogens with two attached hydrogens (primary N) is 1. The van der Waals surface area contributed by atoms with Gasteiger partial charge in [0.1, 0.15) is 12.0 Å². The quantitative estimate of drug-likeness (QED) is 0.752. The second kappa shape index (κ2) is 9.36. The molecule has 1 amide bonds. The molecule has 148 valence electrons. The van der Waals surface area contributed by atoms with Gasteiger partial charge in [0.25, 0.3) is 5.91 Å². The van der Waals surface area contributed by atoms with Gasteiger partial charge in [0.2, 0.25) is 10.0 Å². The molecule has 0 spiro atoms. The molecule has 3 rings (SSSR count). The number of hydrogen-bond donors (Lipinski definition) is 2. The number of piperidine rings is 1. The number of sulfonamides is 1. The molecule has 0 aliphatic carbocycles. The summed E-state index contributed by atoms with van der Waals surface area (Å²) in [4.78, 5) is 12.2. The smallest absolute Gasteiger partial charge is 0.254 e. The molecule has 0 atom stereocenters. The maximum absolute atomic E-state index is 12.6. The van der Waals surface area contributed by atoms with E-state index in [4.69, 9.17) is 10.2 Å². The molecule has 7 nitrogen and oxygen atoms in total. The van der Waals surface area contributed by atoms with E-state index in [1.165, 1.54) is 10.6 Å². The highest BCUT2D eigenvalue weighted by molar-refractivity contribution is 7.88. The van der Waals surface area contributed by atoms with Gasteiger partial charge in [0.05, 0.1) is 17.9 Å². The van der Waals surface area contributed by atoms with Gasteiger partial charge in [0, 0.05) is 19.1 Å². The van der Waals surface area contributed by atoms with E-state index in [1.807, 2.05) is 30.3 Å². The molecule has 1 fully saturated rings. The van der Waals surface area contributed by atoms with Crippen LogP contribution in [0.1, 0.15) is 34.5 Å². The van der Waals surface area contributed by atoms with Crippen molar-refractivity contribution >= 4 is 28.3 Å². The highest BCUT2D eigenvalue weighted by atomic mass is 35.5. The number of carbonyl (C=O) groups is 1. The minimum atomic E-state index is -3.35. The van der Waals surface area contributed by atoms with E-state index in [-0.39, 0.29) is 36.7 Å². The fourth-order valence-electron chi connectivity index (χ4n) is 3.03. The van der Waals surface area contributed by atoms with Crippen molar-refractivity contribution in [3.8, 4) is 0 Å². The number of furan rings is 1. The third-order valence-corrected chi connectivity index (χ3v) is 6.34. The first-order valence-corrected chi connectivity index (χ1v) is 10.2. The molecule has 0 saturated carbocycles. The number of hydrogen-bond acceptors (Lipinski definition) is 5. The summed E-state index contributed by atoms with van der Waals surface area (Å²) < 4.78 is 31.8. The molecule has 27 heavy (non-hydrogen) atoms. The minimum absolute atomic E-state index is 0. The predicted molar refractivity (Wildman–Crippen MR) is 105 cm³/mol. The van der Waals surface area contributed by atoms with Crippen LogP contribution >= 0.6 is 12.4 Å². The van der Waals surface area contributed by atoms with E-state index < -0.39 is 10.0 Å². The molecule has 0 unspecified atom stereocenters. The molecule has 0 bridgehead atoms. The van der Waals surface area contributed by atoms with Gasteiger partial charge in [-0.15, -0.1) is 12.4 Å². The Hall–Kier alpha value is -1.87. The Balaban J connectivity index is 0.00000261. The Morgan fingerprint density at radius 3 is 2.48 bits per heavy atom. The summed E-state index contributed by atoms with van der Waals surface area (Å²) in [6.45, 7) is 1.05. The molecule has 9 heteroatoms. The van der Waals surface area contributed by atoms with Crippen LogP contribution in [-0.4, -0.2) is 37.8 Å². The molecule has 2 heterocycles. The molecular formula is C18H24ClN3O4S. The first-order chi connectivity index (χ1) is 12.5. The Morgan fingerprint density at radius 1 is 1.22 bits per heavy atom. The van der Waals surface area contributed by atoms with Gasteiger partial charge in [-0.1, -0.05) is 30.3 Å². The monoisotopic (exact) mass is 413 g/mol. The lowest BCUT2D eigenvalue weighted by atomic mass is 10.1. The normalized spacial score (nSPS) is 15.9. The standard InChI is InChI=1S/C18H23N3O4S.ClH/c19-11-17-10-15(12-25-17)18(22)20-16-6-8-21(9-7-16)26(23,24)13-14-4-2-1-3-5-14;/h1-5,10,12,16H,6-9,11,13,19H2,(H,20,22);1H. The van der Waals surface area contributed by atoms with Crippen molar-refractivity contribution in [3.63, 3.8) is 0 Å². The Morgan fingerprint density at radius 2 is 1.89 bits per heavy atom. The summed E-state index contributed by atoms with van der Waals surface area (Å²) >= 11 is 0. The average molecular weight is 414 g/mol. The lowest BCUT2D eigenvalue weighted by Gasteiger charge is -2.31. The van der Waals surface area contributed by atoms with Crippen LogP contribution in [0.2, 0.25) is 0 Å². The van der Waals surface area contributed by atoms with Gasteiger partial charge in [-0.2, -0.15) is 0 Å². The van der Waals surface area contributed by atoms with Gasteiger partial charge < -0.3 is 15.5 Å². The number of nitrogens with one attached hydrogen (secondary N) is 1. The van der Waals surface area contributed by atoms with Crippen LogP contribution in [-0.2, 0) is 22.3 Å². The lowest BCUT2D eigenvalue weighted by Crippen LogP contribution is -2.46. The number of nitrogens with zero attached hydrogens (tertiary/aromatic N) is 1. The zero-order valence-corrected chi connectivity index (χ0v) is 16.5. The van der Waals surface area contributed by atoms with Crippen LogP contribution in [0.5, 0.6) is 0 Å². The fourth-order valence-corrected chi connectivity index (χ4v) is 4.59. The van der Waals surface area contributed by atoms with Crippen molar-refractivity contribution in [1.29, 1.82) is 0 Å². The second-order valence-electron chi connectivity index (χ2n) is 6.39. The fraction of sp³-hybridized carbons (Fsp3) is 0.389. The Labute approximate surface area is 165 Å². The van der Waals surface area contributed by atoms with Gasteiger partial charge in [-0.25, -0.2) is 12.7 Å². The molecular weight excluding hydrogens is 390 g/mol. The third-order valence-electron chi connectivity index (χ3n) is 4.49. The number of rotatable bonds is 6. The zero-order valence-electron chi connectivity index (χ0n) is 14.8. The van der Waals surface area contributed by atoms with E-state index in [2.05, 4.69) is 5.32 Å². The summed E-state index contributed by atoms with van der Waals surface area (Å²) in [6, 6.07) is 10.7. The molecule has 2 aromatic rings. The molecule has 3 N–H and O–H groups in total. The molecule has 0 radical (unpaired) electrons. The molecule has 1 aromatic heterocycles. The largest absolute Gasteiger partial charge is 0.467 e. The SMILES string of the molecule is Cl.NCc1cc(C(=O)NC2CCN(S(=O)(=O)Cc3ccccc3)CC2)co1. The number of halogens is 1. The number of benzene rings is 1. The summed E-state index contributed by atoms with van der Waals surface area (Å²) in [6.07, 6.45) is 2.56. The van der Waals surface area contributed by atoms with Crippen molar-refractivity contribution in [2.24, 2.45) is 5.73 Å². The lowest BCUT2D eigenvalue weighted by molar-refractivity contribution is 0.0923. The number of carbonyl (C=O) groups excluding carboxylic acids is 1. The highest BCUT2D eigenvalue weighted by Gasteiger charge is 2.29. The van der Waals surface area contributed by atoms with Gasteiger partial charge >= 0.3 is 0 Å². The van der Waals surface area contributed by atoms with Crippen LogP contribution in [0.25, 0.3) is 0 Å². The van der Waals surface area contributed by atoms with Crippen molar-refractivity contribution in [1.82, 2.24) is 9.62 Å². The first-order valence-electron chi connectivity index (χ1n) is 8.58. The second-order valence-corrected chi connectivity index (χ2v) is 8.36. The molecule has 1 aromatic carbocycles. The Kier molecular flexibility index (Phi) is 7.43. The highest BCUT2D eigenvalue weighted by Crippen LogP contribution is 2.18. The van der Waals surface area contributed by atoms with Crippen molar-refractivity contribution in [2.45, 2.75) is 31.2 Å². The van der Waals surface area contributed by atoms with Gasteiger partial charge in [0.15, 0.2) is 0 Å². The summed E-state index contributed by atoms with van der Waals surface area (Å²) in [5.74, 6) is 0.331. The summed E-state index contributed by atoms with van der Waals surface area (Å²) in [5.41, 5.74) is 6.68. The predicted octanol–water partition coefficient (Wildman–Crippen LogP) is 1.88. The van der Waals surface area contributed by atoms with E-state index >= 15 is 0 Å². The molecule has 1 aliphatic rings. The molecule has 1 aliphatic heterocycles. The topological polar surface area (TPSA) is 106 Å². The van der Waals surface area contributed by atoms with Crippen LogP contribution in [0.15, 0.2) is 47.1 Å². The van der Waals surface area contributed by atoms with Crippen molar-refractivity contribution < 1.29 is 17.6 Å². The van der Waals surface area contributed by atoms with Crippen LogP contribution in [0.3, 0.4) is 0 Å². The molecule has 1 saturated heterocycles. The van der Waals surface area contributed by atoms with Crippen LogP contribution < -0.4 is 11.1 Å². The van der Waals surface area contributed by atoms with Crippen LogP contribution in [0, 0.1) is 0 Å². The van der Waals surface area contributed by atoms with Crippen LogP contribution in [0.4, 0.5) is 0 Å². The van der Waals surface area contributed by atoms with E-state index in [9.17, 15) is 13.2 Å². The third kappa shape index (κ3) is 5.55. The number of amides is 1. The van der Waals surface area contributed by atoms with Crippen molar-refractivity contribution in [2.75, 3.05) is 13.1 Å². The average Bonchev–Trinajstić information content (AvgIpc) is 3.12. The van der Waals surface area contributed by atoms with E-state index in [0.29, 0.717) is 37.3 Å². The van der Waals surface area contributed by atoms with E-state index in [0.717, 1.165) is 5.56 Å². The van der Waals surface area contributed by atoms with Gasteiger partial charge in [-0.05, 0) is 24.5 Å². The first kappa shape index (κ1) is 21.4. The minimum Gasteiger partial charge on any atom is -0.467 e. The van der Waals surface area contributed by atoms with Crippen molar-refractivity contribution in [3.05, 3.63) is 59.5 Å².